The van der Waals surface area contributed by atoms with Crippen LogP contribution < -0.4 is 5.73 Å². The summed E-state index contributed by atoms with van der Waals surface area (Å²) in [5.74, 6) is 0. The molecular formula is C6H10N4O2S2. The van der Waals surface area contributed by atoms with E-state index in [-0.39, 0.29) is 9.47 Å². The summed E-state index contributed by atoms with van der Waals surface area (Å²) in [6, 6.07) is 0. The van der Waals surface area contributed by atoms with Gasteiger partial charge in [-0.1, -0.05) is 11.3 Å². The van der Waals surface area contributed by atoms with Crippen LogP contribution in [-0.4, -0.2) is 36.0 Å². The number of rotatable bonds is 2. The third-order valence-electron chi connectivity index (χ3n) is 2.05. The topological polar surface area (TPSA) is 89.2 Å². The molecule has 0 radical (unpaired) electrons. The van der Waals surface area contributed by atoms with Gasteiger partial charge in [-0.25, -0.2) is 8.42 Å². The van der Waals surface area contributed by atoms with E-state index < -0.39 is 10.0 Å². The van der Waals surface area contributed by atoms with Crippen molar-refractivity contribution in [1.82, 2.24) is 14.5 Å². The standard InChI is InChI=1S/C6H10N4O2S2/c7-5-8-9-6(13-5)14(11,12)10-3-1-2-4-10/h1-4H2,(H2,7,8). The molecule has 0 spiro atoms. The molecule has 0 bridgehead atoms. The Kier molecular flexibility index (Phi) is 2.41. The van der Waals surface area contributed by atoms with E-state index in [0.717, 1.165) is 24.2 Å². The monoisotopic (exact) mass is 234 g/mol. The van der Waals surface area contributed by atoms with Crippen LogP contribution in [0.15, 0.2) is 4.34 Å². The lowest BCUT2D eigenvalue weighted by molar-refractivity contribution is 0.476. The summed E-state index contributed by atoms with van der Waals surface area (Å²) in [6.45, 7) is 1.14. The summed E-state index contributed by atoms with van der Waals surface area (Å²) in [4.78, 5) is 0. The molecule has 14 heavy (non-hydrogen) atoms. The molecule has 1 aromatic heterocycles. The number of anilines is 1. The Morgan fingerprint density at radius 2 is 1.93 bits per heavy atom. The van der Waals surface area contributed by atoms with Gasteiger partial charge in [0.2, 0.25) is 9.47 Å². The Balaban J connectivity index is 2.32. The molecule has 2 heterocycles. The first-order valence-electron chi connectivity index (χ1n) is 4.20. The quantitative estimate of drug-likeness (QED) is 0.772. The summed E-state index contributed by atoms with van der Waals surface area (Å²) in [6.07, 6.45) is 1.82. The molecule has 2 N–H and O–H groups in total. The summed E-state index contributed by atoms with van der Waals surface area (Å²) in [5.41, 5.74) is 5.34. The molecule has 0 saturated carbocycles. The molecule has 1 aromatic rings. The summed E-state index contributed by atoms with van der Waals surface area (Å²) in [5, 5.41) is 7.22. The van der Waals surface area contributed by atoms with E-state index in [4.69, 9.17) is 5.73 Å². The molecule has 8 heteroatoms. The van der Waals surface area contributed by atoms with Crippen molar-refractivity contribution in [2.45, 2.75) is 17.2 Å². The van der Waals surface area contributed by atoms with Crippen molar-refractivity contribution in [2.24, 2.45) is 0 Å². The minimum absolute atomic E-state index is 0.00287. The Bertz CT molecular complexity index is 421. The van der Waals surface area contributed by atoms with Crippen LogP contribution >= 0.6 is 11.3 Å². The first kappa shape index (κ1) is 9.81. The van der Waals surface area contributed by atoms with Gasteiger partial charge in [0, 0.05) is 13.1 Å². The van der Waals surface area contributed by atoms with Gasteiger partial charge in [-0.3, -0.25) is 0 Å². The van der Waals surface area contributed by atoms with Gasteiger partial charge in [-0.2, -0.15) is 4.31 Å². The molecule has 0 amide bonds. The molecule has 0 atom stereocenters. The van der Waals surface area contributed by atoms with Gasteiger partial charge in [-0.05, 0) is 12.8 Å². The number of hydrogen-bond donors (Lipinski definition) is 1. The van der Waals surface area contributed by atoms with Gasteiger partial charge in [0.15, 0.2) is 0 Å². The van der Waals surface area contributed by atoms with E-state index >= 15 is 0 Å². The summed E-state index contributed by atoms with van der Waals surface area (Å²) in [7, 11) is -3.42. The first-order valence-corrected chi connectivity index (χ1v) is 6.45. The van der Waals surface area contributed by atoms with Crippen molar-refractivity contribution in [2.75, 3.05) is 18.8 Å². The maximum absolute atomic E-state index is 11.8. The number of hydrogen-bond acceptors (Lipinski definition) is 6. The molecule has 78 valence electrons. The fourth-order valence-electron chi connectivity index (χ4n) is 1.36. The highest BCUT2D eigenvalue weighted by molar-refractivity contribution is 7.91. The van der Waals surface area contributed by atoms with Gasteiger partial charge >= 0.3 is 0 Å². The molecule has 0 aliphatic carbocycles. The molecule has 0 aromatic carbocycles. The van der Waals surface area contributed by atoms with E-state index in [9.17, 15) is 8.42 Å². The number of nitrogen functional groups attached to an aromatic ring is 1. The molecule has 1 aliphatic rings. The smallest absolute Gasteiger partial charge is 0.272 e. The van der Waals surface area contributed by atoms with Crippen LogP contribution in [0, 0.1) is 0 Å². The largest absolute Gasteiger partial charge is 0.374 e. The molecule has 1 saturated heterocycles. The molecule has 1 fully saturated rings. The van der Waals surface area contributed by atoms with Crippen molar-refractivity contribution < 1.29 is 8.42 Å². The molecular weight excluding hydrogens is 224 g/mol. The third kappa shape index (κ3) is 1.60. The summed E-state index contributed by atoms with van der Waals surface area (Å²) >= 11 is 0.907. The second kappa shape index (κ2) is 3.44. The molecule has 6 nitrogen and oxygen atoms in total. The lowest BCUT2D eigenvalue weighted by Gasteiger charge is -2.11. The van der Waals surface area contributed by atoms with Crippen LogP contribution in [0.5, 0.6) is 0 Å². The van der Waals surface area contributed by atoms with Gasteiger partial charge in [-0.15, -0.1) is 10.2 Å². The molecule has 1 aliphatic heterocycles. The van der Waals surface area contributed by atoms with Gasteiger partial charge in [0.25, 0.3) is 10.0 Å². The highest BCUT2D eigenvalue weighted by Gasteiger charge is 2.30. The van der Waals surface area contributed by atoms with Crippen molar-refractivity contribution in [3.63, 3.8) is 0 Å². The molecule has 0 unspecified atom stereocenters. The SMILES string of the molecule is Nc1nnc(S(=O)(=O)N2CCCC2)s1. The normalized spacial score (nSPS) is 18.9. The van der Waals surface area contributed by atoms with Crippen LogP contribution in [0.25, 0.3) is 0 Å². The van der Waals surface area contributed by atoms with Crippen LogP contribution in [0.3, 0.4) is 0 Å². The second-order valence-corrected chi connectivity index (χ2v) is 6.14. The van der Waals surface area contributed by atoms with Gasteiger partial charge < -0.3 is 5.73 Å². The minimum Gasteiger partial charge on any atom is -0.374 e. The number of sulfonamides is 1. The average molecular weight is 234 g/mol. The predicted molar refractivity (Wildman–Crippen MR) is 52.3 cm³/mol. The Morgan fingerprint density at radius 3 is 2.43 bits per heavy atom. The fourth-order valence-corrected chi connectivity index (χ4v) is 3.80. The highest BCUT2D eigenvalue weighted by atomic mass is 32.2. The van der Waals surface area contributed by atoms with E-state index in [2.05, 4.69) is 10.2 Å². The van der Waals surface area contributed by atoms with E-state index in [0.29, 0.717) is 13.1 Å². The Labute approximate surface area is 85.8 Å². The van der Waals surface area contributed by atoms with E-state index in [1.54, 1.807) is 0 Å². The lowest BCUT2D eigenvalue weighted by atomic mass is 10.4. The van der Waals surface area contributed by atoms with Crippen molar-refractivity contribution >= 4 is 26.5 Å². The van der Waals surface area contributed by atoms with Crippen molar-refractivity contribution in [3.8, 4) is 0 Å². The summed E-state index contributed by atoms with van der Waals surface area (Å²) < 4.78 is 25.1. The number of nitrogens with zero attached hydrogens (tertiary/aromatic N) is 3. The first-order chi connectivity index (χ1) is 6.60. The van der Waals surface area contributed by atoms with Crippen LogP contribution in [0.4, 0.5) is 5.13 Å². The van der Waals surface area contributed by atoms with Gasteiger partial charge in [0.1, 0.15) is 0 Å². The van der Waals surface area contributed by atoms with E-state index in [1.807, 2.05) is 0 Å². The maximum Gasteiger partial charge on any atom is 0.272 e. The zero-order valence-corrected chi connectivity index (χ0v) is 9.01. The second-order valence-electron chi connectivity index (χ2n) is 3.02. The molecule has 2 rings (SSSR count). The van der Waals surface area contributed by atoms with Crippen molar-refractivity contribution in [3.05, 3.63) is 0 Å². The number of nitrogens with two attached hydrogens (primary N) is 1. The average Bonchev–Trinajstić information content (AvgIpc) is 2.72. The van der Waals surface area contributed by atoms with Crippen molar-refractivity contribution in [1.29, 1.82) is 0 Å². The third-order valence-corrected chi connectivity index (χ3v) is 5.04. The zero-order chi connectivity index (χ0) is 10.2. The maximum atomic E-state index is 11.8. The van der Waals surface area contributed by atoms with Crippen LogP contribution in [0.2, 0.25) is 0 Å². The Morgan fingerprint density at radius 1 is 1.29 bits per heavy atom. The zero-order valence-electron chi connectivity index (χ0n) is 7.38. The minimum atomic E-state index is -3.42. The van der Waals surface area contributed by atoms with E-state index in [1.165, 1.54) is 4.31 Å². The fraction of sp³-hybridized carbons (Fsp3) is 0.667. The predicted octanol–water partition coefficient (Wildman–Crippen LogP) is -0.0952. The highest BCUT2D eigenvalue weighted by Crippen LogP contribution is 2.23. The lowest BCUT2D eigenvalue weighted by Crippen LogP contribution is -2.27. The van der Waals surface area contributed by atoms with Gasteiger partial charge in [0.05, 0.1) is 0 Å². The number of aromatic nitrogens is 2. The van der Waals surface area contributed by atoms with Crippen LogP contribution in [0.1, 0.15) is 12.8 Å². The van der Waals surface area contributed by atoms with Crippen LogP contribution in [-0.2, 0) is 10.0 Å². The Hall–Kier alpha value is -0.730.